The quantitative estimate of drug-likeness (QED) is 0.484. The highest BCUT2D eigenvalue weighted by molar-refractivity contribution is 7.91. The van der Waals surface area contributed by atoms with Gasteiger partial charge in [-0.3, -0.25) is 4.79 Å². The number of sulfone groups is 1. The number of carbonyl (C=O) groups is 1. The SMILES string of the molecule is CCCOc1c(Cl)cc(C(=O)N(Cc2ccc(OC)c(OC)c2)C2CCS(=O)(=O)C2)cc1Cl. The normalized spacial score (nSPS) is 16.9. The van der Waals surface area contributed by atoms with Crippen molar-refractivity contribution in [2.75, 3.05) is 32.3 Å². The van der Waals surface area contributed by atoms with E-state index in [2.05, 4.69) is 0 Å². The lowest BCUT2D eigenvalue weighted by Crippen LogP contribution is -2.40. The van der Waals surface area contributed by atoms with Gasteiger partial charge >= 0.3 is 0 Å². The van der Waals surface area contributed by atoms with Crippen molar-refractivity contribution in [2.45, 2.75) is 32.4 Å². The number of rotatable bonds is 9. The summed E-state index contributed by atoms with van der Waals surface area (Å²) >= 11 is 12.7. The van der Waals surface area contributed by atoms with E-state index in [1.54, 1.807) is 17.0 Å². The van der Waals surface area contributed by atoms with Crippen LogP contribution >= 0.6 is 23.2 Å². The molecule has 1 amide bonds. The smallest absolute Gasteiger partial charge is 0.254 e. The fraction of sp³-hybridized carbons (Fsp3) is 0.435. The summed E-state index contributed by atoms with van der Waals surface area (Å²) in [5, 5.41) is 0.453. The van der Waals surface area contributed by atoms with Gasteiger partial charge in [-0.15, -0.1) is 0 Å². The van der Waals surface area contributed by atoms with Crippen LogP contribution in [0.1, 0.15) is 35.7 Å². The van der Waals surface area contributed by atoms with E-state index >= 15 is 0 Å². The van der Waals surface area contributed by atoms with E-state index in [-0.39, 0.29) is 39.6 Å². The topological polar surface area (TPSA) is 82.1 Å². The minimum absolute atomic E-state index is 0.0404. The Hall–Kier alpha value is -2.16. The van der Waals surface area contributed by atoms with Crippen LogP contribution in [0.15, 0.2) is 30.3 Å². The molecule has 1 heterocycles. The molecule has 2 aromatic rings. The molecule has 180 valence electrons. The molecule has 1 atom stereocenters. The molecule has 33 heavy (non-hydrogen) atoms. The molecule has 3 rings (SSSR count). The first-order chi connectivity index (χ1) is 15.7. The minimum atomic E-state index is -3.22. The maximum absolute atomic E-state index is 13.6. The molecule has 0 spiro atoms. The predicted molar refractivity (Wildman–Crippen MR) is 129 cm³/mol. The van der Waals surface area contributed by atoms with Gasteiger partial charge in [-0.2, -0.15) is 0 Å². The largest absolute Gasteiger partial charge is 0.493 e. The van der Waals surface area contributed by atoms with Crippen molar-refractivity contribution < 1.29 is 27.4 Å². The number of ether oxygens (including phenoxy) is 3. The number of amides is 1. The second kappa shape index (κ2) is 10.8. The zero-order valence-electron chi connectivity index (χ0n) is 18.8. The summed E-state index contributed by atoms with van der Waals surface area (Å²) in [5.74, 6) is 0.988. The summed E-state index contributed by atoms with van der Waals surface area (Å²) in [7, 11) is -0.148. The van der Waals surface area contributed by atoms with E-state index in [1.165, 1.54) is 26.4 Å². The van der Waals surface area contributed by atoms with E-state index in [0.29, 0.717) is 30.3 Å². The lowest BCUT2D eigenvalue weighted by Gasteiger charge is -2.29. The molecule has 0 N–H and O–H groups in total. The standard InChI is InChI=1S/C23H27Cl2NO6S/c1-4-8-32-22-18(24)11-16(12-19(22)25)23(27)26(17-7-9-33(28,29)14-17)13-15-5-6-20(30-2)21(10-15)31-3/h5-6,10-12,17H,4,7-9,13-14H2,1-3H3. The summed E-state index contributed by atoms with van der Waals surface area (Å²) in [6.07, 6.45) is 1.14. The summed E-state index contributed by atoms with van der Waals surface area (Å²) < 4.78 is 40.6. The highest BCUT2D eigenvalue weighted by atomic mass is 35.5. The zero-order valence-corrected chi connectivity index (χ0v) is 21.1. The van der Waals surface area contributed by atoms with Crippen LogP contribution in [-0.4, -0.2) is 57.6 Å². The fourth-order valence-corrected chi connectivity index (χ4v) is 6.08. The molecule has 0 radical (unpaired) electrons. The molecule has 0 aromatic heterocycles. The Kier molecular flexibility index (Phi) is 8.37. The molecule has 1 unspecified atom stereocenters. The Labute approximate surface area is 204 Å². The van der Waals surface area contributed by atoms with Crippen LogP contribution in [0.3, 0.4) is 0 Å². The molecule has 1 saturated heterocycles. The molecular formula is C23H27Cl2NO6S. The highest BCUT2D eigenvalue weighted by Crippen LogP contribution is 2.36. The number of benzene rings is 2. The number of carbonyl (C=O) groups excluding carboxylic acids is 1. The van der Waals surface area contributed by atoms with Gasteiger partial charge in [-0.05, 0) is 42.7 Å². The Morgan fingerprint density at radius 2 is 1.76 bits per heavy atom. The van der Waals surface area contributed by atoms with Gasteiger partial charge in [0.1, 0.15) is 0 Å². The second-order valence-corrected chi connectivity index (χ2v) is 10.8. The number of methoxy groups -OCH3 is 2. The van der Waals surface area contributed by atoms with Crippen molar-refractivity contribution in [3.8, 4) is 17.2 Å². The summed E-state index contributed by atoms with van der Waals surface area (Å²) in [4.78, 5) is 15.1. The van der Waals surface area contributed by atoms with E-state index in [1.807, 2.05) is 13.0 Å². The molecule has 7 nitrogen and oxygen atoms in total. The lowest BCUT2D eigenvalue weighted by molar-refractivity contribution is 0.0680. The molecule has 1 fully saturated rings. The van der Waals surface area contributed by atoms with Crippen LogP contribution in [0.5, 0.6) is 17.2 Å². The van der Waals surface area contributed by atoms with Crippen molar-refractivity contribution in [3.63, 3.8) is 0 Å². The summed E-state index contributed by atoms with van der Waals surface area (Å²) in [6, 6.07) is 7.87. The predicted octanol–water partition coefficient (Wildman–Crippen LogP) is 4.63. The van der Waals surface area contributed by atoms with Crippen molar-refractivity contribution in [1.82, 2.24) is 4.90 Å². The molecule has 1 aliphatic rings. The molecular weight excluding hydrogens is 489 g/mol. The Bertz CT molecular complexity index is 1100. The maximum Gasteiger partial charge on any atom is 0.254 e. The van der Waals surface area contributed by atoms with Gasteiger partial charge in [-0.1, -0.05) is 36.2 Å². The second-order valence-electron chi connectivity index (χ2n) is 7.80. The highest BCUT2D eigenvalue weighted by Gasteiger charge is 2.35. The number of hydrogen-bond acceptors (Lipinski definition) is 6. The van der Waals surface area contributed by atoms with Crippen molar-refractivity contribution in [1.29, 1.82) is 0 Å². The van der Waals surface area contributed by atoms with Crippen LogP contribution in [0.25, 0.3) is 0 Å². The van der Waals surface area contributed by atoms with Crippen LogP contribution in [0, 0.1) is 0 Å². The van der Waals surface area contributed by atoms with E-state index in [4.69, 9.17) is 37.4 Å². The van der Waals surface area contributed by atoms with Gasteiger partial charge in [0, 0.05) is 18.2 Å². The first kappa shape index (κ1) is 25.5. The van der Waals surface area contributed by atoms with Gasteiger partial charge in [0.15, 0.2) is 27.1 Å². The zero-order chi connectivity index (χ0) is 24.2. The third-order valence-corrected chi connectivity index (χ3v) is 7.72. The van der Waals surface area contributed by atoms with Crippen LogP contribution in [0.4, 0.5) is 0 Å². The average Bonchev–Trinajstić information content (AvgIpc) is 3.15. The third kappa shape index (κ3) is 6.05. The van der Waals surface area contributed by atoms with Gasteiger partial charge in [0.25, 0.3) is 5.91 Å². The first-order valence-corrected chi connectivity index (χ1v) is 13.1. The average molecular weight is 516 g/mol. The van der Waals surface area contributed by atoms with Gasteiger partial charge in [0.05, 0.1) is 42.4 Å². The van der Waals surface area contributed by atoms with Gasteiger partial charge < -0.3 is 19.1 Å². The Balaban J connectivity index is 1.96. The van der Waals surface area contributed by atoms with Crippen LogP contribution in [-0.2, 0) is 16.4 Å². The monoisotopic (exact) mass is 515 g/mol. The summed E-state index contributed by atoms with van der Waals surface area (Å²) in [6.45, 7) is 2.59. The van der Waals surface area contributed by atoms with E-state index in [9.17, 15) is 13.2 Å². The van der Waals surface area contributed by atoms with Crippen molar-refractivity contribution in [2.24, 2.45) is 0 Å². The lowest BCUT2D eigenvalue weighted by atomic mass is 10.1. The van der Waals surface area contributed by atoms with E-state index in [0.717, 1.165) is 12.0 Å². The van der Waals surface area contributed by atoms with Gasteiger partial charge in [-0.25, -0.2) is 8.42 Å². The molecule has 0 bridgehead atoms. The molecule has 2 aromatic carbocycles. The van der Waals surface area contributed by atoms with Crippen molar-refractivity contribution >= 4 is 38.9 Å². The Morgan fingerprint density at radius 1 is 1.09 bits per heavy atom. The number of nitrogens with zero attached hydrogens (tertiary/aromatic N) is 1. The van der Waals surface area contributed by atoms with Crippen molar-refractivity contribution in [3.05, 3.63) is 51.5 Å². The maximum atomic E-state index is 13.6. The van der Waals surface area contributed by atoms with E-state index < -0.39 is 15.9 Å². The fourth-order valence-electron chi connectivity index (χ4n) is 3.75. The molecule has 10 heteroatoms. The number of hydrogen-bond donors (Lipinski definition) is 0. The first-order valence-electron chi connectivity index (χ1n) is 10.5. The summed E-state index contributed by atoms with van der Waals surface area (Å²) in [5.41, 5.74) is 1.03. The minimum Gasteiger partial charge on any atom is -0.493 e. The van der Waals surface area contributed by atoms with Crippen LogP contribution in [0.2, 0.25) is 10.0 Å². The molecule has 1 aliphatic heterocycles. The Morgan fingerprint density at radius 3 is 2.30 bits per heavy atom. The number of halogens is 2. The molecule has 0 saturated carbocycles. The van der Waals surface area contributed by atoms with Gasteiger partial charge in [0.2, 0.25) is 0 Å². The third-order valence-electron chi connectivity index (χ3n) is 5.41. The van der Waals surface area contributed by atoms with Crippen LogP contribution < -0.4 is 14.2 Å². The molecule has 0 aliphatic carbocycles.